The molecular weight excluding hydrogens is 315 g/mol. The van der Waals surface area contributed by atoms with Gasteiger partial charge in [-0.25, -0.2) is 4.39 Å². The molecule has 25 heavy (non-hydrogen) atoms. The summed E-state index contributed by atoms with van der Waals surface area (Å²) in [7, 11) is 0. The van der Waals surface area contributed by atoms with Crippen molar-refractivity contribution >= 4 is 5.91 Å². The first-order valence-corrected chi connectivity index (χ1v) is 8.77. The zero-order chi connectivity index (χ0) is 17.9. The number of hydrogen-bond donors (Lipinski definition) is 1. The monoisotopic (exact) mass is 340 g/mol. The Balaban J connectivity index is 1.55. The zero-order valence-corrected chi connectivity index (χ0v) is 14.9. The number of benzene rings is 2. The van der Waals surface area contributed by atoms with Crippen LogP contribution < -0.4 is 5.32 Å². The summed E-state index contributed by atoms with van der Waals surface area (Å²) in [5.74, 6) is -0.312. The molecule has 0 bridgehead atoms. The van der Waals surface area contributed by atoms with Crippen molar-refractivity contribution in [1.29, 1.82) is 0 Å². The normalized spacial score (nSPS) is 14.8. The van der Waals surface area contributed by atoms with Crippen molar-refractivity contribution < 1.29 is 9.18 Å². The molecule has 0 aliphatic carbocycles. The zero-order valence-electron chi connectivity index (χ0n) is 14.9. The summed E-state index contributed by atoms with van der Waals surface area (Å²) in [6, 6.07) is 14.6. The number of hydrogen-bond acceptors (Lipinski definition) is 2. The molecule has 0 aromatic heterocycles. The third-order valence-electron chi connectivity index (χ3n) is 4.98. The Bertz CT molecular complexity index is 740. The maximum atomic E-state index is 12.9. The van der Waals surface area contributed by atoms with Crippen molar-refractivity contribution in [3.05, 3.63) is 71.0 Å². The maximum absolute atomic E-state index is 12.9. The second-order valence-electron chi connectivity index (χ2n) is 7.33. The van der Waals surface area contributed by atoms with Crippen LogP contribution in [0.3, 0.4) is 0 Å². The van der Waals surface area contributed by atoms with Crippen LogP contribution in [0.4, 0.5) is 4.39 Å². The lowest BCUT2D eigenvalue weighted by Crippen LogP contribution is -2.53. The molecule has 2 aromatic rings. The van der Waals surface area contributed by atoms with E-state index in [1.165, 1.54) is 23.3 Å². The molecule has 0 saturated heterocycles. The van der Waals surface area contributed by atoms with Gasteiger partial charge in [-0.3, -0.25) is 9.69 Å². The molecule has 132 valence electrons. The van der Waals surface area contributed by atoms with E-state index < -0.39 is 0 Å². The van der Waals surface area contributed by atoms with Gasteiger partial charge in [0.1, 0.15) is 5.82 Å². The molecule has 3 rings (SSSR count). The van der Waals surface area contributed by atoms with Gasteiger partial charge in [-0.2, -0.15) is 0 Å². The predicted octanol–water partition coefficient (Wildman–Crippen LogP) is 3.32. The topological polar surface area (TPSA) is 32.3 Å². The lowest BCUT2D eigenvalue weighted by Gasteiger charge is -2.41. The van der Waals surface area contributed by atoms with E-state index in [9.17, 15) is 9.18 Å². The SMILES string of the molecule is CC(C)(CNC(=O)Cc1ccc(F)cc1)N1CCc2ccccc2C1. The van der Waals surface area contributed by atoms with Gasteiger partial charge in [0.15, 0.2) is 0 Å². The van der Waals surface area contributed by atoms with E-state index in [-0.39, 0.29) is 23.7 Å². The van der Waals surface area contributed by atoms with Crippen molar-refractivity contribution in [1.82, 2.24) is 10.2 Å². The average Bonchev–Trinajstić information content (AvgIpc) is 2.62. The van der Waals surface area contributed by atoms with Gasteiger partial charge in [-0.05, 0) is 49.1 Å². The predicted molar refractivity (Wildman–Crippen MR) is 97.7 cm³/mol. The van der Waals surface area contributed by atoms with Crippen LogP contribution in [0.25, 0.3) is 0 Å². The summed E-state index contributed by atoms with van der Waals surface area (Å²) in [5.41, 5.74) is 3.50. The Hall–Kier alpha value is -2.20. The Labute approximate surface area is 148 Å². The van der Waals surface area contributed by atoms with E-state index in [4.69, 9.17) is 0 Å². The van der Waals surface area contributed by atoms with Crippen molar-refractivity contribution in [2.75, 3.05) is 13.1 Å². The van der Waals surface area contributed by atoms with Gasteiger partial charge in [-0.1, -0.05) is 36.4 Å². The summed E-state index contributed by atoms with van der Waals surface area (Å²) in [5, 5.41) is 3.03. The van der Waals surface area contributed by atoms with Gasteiger partial charge in [0.2, 0.25) is 5.91 Å². The molecule has 0 saturated carbocycles. The third-order valence-corrected chi connectivity index (χ3v) is 4.98. The average molecular weight is 340 g/mol. The molecule has 4 heteroatoms. The van der Waals surface area contributed by atoms with Gasteiger partial charge in [0.05, 0.1) is 6.42 Å². The Morgan fingerprint density at radius 2 is 1.80 bits per heavy atom. The second kappa shape index (κ2) is 7.36. The number of fused-ring (bicyclic) bond motifs is 1. The summed E-state index contributed by atoms with van der Waals surface area (Å²) in [6.07, 6.45) is 1.32. The van der Waals surface area contributed by atoms with Crippen LogP contribution >= 0.6 is 0 Å². The fraction of sp³-hybridized carbons (Fsp3) is 0.381. The van der Waals surface area contributed by atoms with Crippen molar-refractivity contribution in [3.8, 4) is 0 Å². The highest BCUT2D eigenvalue weighted by Crippen LogP contribution is 2.24. The molecule has 3 nitrogen and oxygen atoms in total. The standard InChI is InChI=1S/C21H25FN2O/c1-21(2,24-12-11-17-5-3-4-6-18(17)14-24)15-23-20(25)13-16-7-9-19(22)10-8-16/h3-10H,11-15H2,1-2H3,(H,23,25). The molecule has 1 amide bonds. The summed E-state index contributed by atoms with van der Waals surface area (Å²) >= 11 is 0. The smallest absolute Gasteiger partial charge is 0.224 e. The van der Waals surface area contributed by atoms with Gasteiger partial charge in [-0.15, -0.1) is 0 Å². The number of halogens is 1. The van der Waals surface area contributed by atoms with Crippen LogP contribution in [0.1, 0.15) is 30.5 Å². The van der Waals surface area contributed by atoms with E-state index >= 15 is 0 Å². The number of carbonyl (C=O) groups excluding carboxylic acids is 1. The Kier molecular flexibility index (Phi) is 5.19. The van der Waals surface area contributed by atoms with Crippen molar-refractivity contribution in [2.24, 2.45) is 0 Å². The first kappa shape index (κ1) is 17.6. The van der Waals surface area contributed by atoms with Crippen molar-refractivity contribution in [3.63, 3.8) is 0 Å². The molecule has 0 spiro atoms. The molecule has 1 aliphatic heterocycles. The number of amides is 1. The highest BCUT2D eigenvalue weighted by atomic mass is 19.1. The van der Waals surface area contributed by atoms with E-state index in [1.807, 2.05) is 0 Å². The number of nitrogens with one attached hydrogen (secondary N) is 1. The van der Waals surface area contributed by atoms with Crippen LogP contribution in [0.2, 0.25) is 0 Å². The lowest BCUT2D eigenvalue weighted by atomic mass is 9.94. The molecule has 0 atom stereocenters. The quantitative estimate of drug-likeness (QED) is 0.906. The van der Waals surface area contributed by atoms with Gasteiger partial charge in [0.25, 0.3) is 0 Å². The largest absolute Gasteiger partial charge is 0.354 e. The Morgan fingerprint density at radius 1 is 1.12 bits per heavy atom. The van der Waals surface area contributed by atoms with E-state index in [2.05, 4.69) is 48.3 Å². The van der Waals surface area contributed by atoms with Gasteiger partial charge in [0, 0.05) is 25.2 Å². The fourth-order valence-electron chi connectivity index (χ4n) is 3.29. The van der Waals surface area contributed by atoms with Crippen LogP contribution in [-0.4, -0.2) is 29.4 Å². The third kappa shape index (κ3) is 4.45. The van der Waals surface area contributed by atoms with E-state index in [1.54, 1.807) is 12.1 Å². The minimum Gasteiger partial charge on any atom is -0.354 e. The molecule has 0 unspecified atom stereocenters. The van der Waals surface area contributed by atoms with Crippen LogP contribution in [0.5, 0.6) is 0 Å². The molecule has 2 aromatic carbocycles. The molecule has 0 fully saturated rings. The number of carbonyl (C=O) groups is 1. The molecule has 1 N–H and O–H groups in total. The Morgan fingerprint density at radius 3 is 2.52 bits per heavy atom. The second-order valence-corrected chi connectivity index (χ2v) is 7.33. The van der Waals surface area contributed by atoms with Crippen molar-refractivity contribution in [2.45, 2.75) is 38.8 Å². The highest BCUT2D eigenvalue weighted by Gasteiger charge is 2.29. The van der Waals surface area contributed by atoms with Crippen LogP contribution in [0.15, 0.2) is 48.5 Å². The van der Waals surface area contributed by atoms with Gasteiger partial charge < -0.3 is 5.32 Å². The van der Waals surface area contributed by atoms with Gasteiger partial charge >= 0.3 is 0 Å². The minimum absolute atomic E-state index is 0.0305. The number of rotatable bonds is 5. The highest BCUT2D eigenvalue weighted by molar-refractivity contribution is 5.78. The molecule has 0 radical (unpaired) electrons. The first-order chi connectivity index (χ1) is 11.9. The number of nitrogens with zero attached hydrogens (tertiary/aromatic N) is 1. The van der Waals surface area contributed by atoms with Crippen LogP contribution in [0, 0.1) is 5.82 Å². The molecular formula is C21H25FN2O. The first-order valence-electron chi connectivity index (χ1n) is 8.77. The summed E-state index contributed by atoms with van der Waals surface area (Å²) in [6.45, 7) is 6.84. The van der Waals surface area contributed by atoms with E-state index in [0.29, 0.717) is 6.54 Å². The molecule has 1 aliphatic rings. The maximum Gasteiger partial charge on any atom is 0.224 e. The fourth-order valence-corrected chi connectivity index (χ4v) is 3.29. The van der Waals surface area contributed by atoms with Crippen LogP contribution in [-0.2, 0) is 24.2 Å². The lowest BCUT2D eigenvalue weighted by molar-refractivity contribution is -0.121. The van der Waals surface area contributed by atoms with E-state index in [0.717, 1.165) is 25.1 Å². The molecule has 1 heterocycles. The minimum atomic E-state index is -0.282. The summed E-state index contributed by atoms with van der Waals surface area (Å²) < 4.78 is 12.9. The summed E-state index contributed by atoms with van der Waals surface area (Å²) in [4.78, 5) is 14.6.